The van der Waals surface area contributed by atoms with E-state index in [1.807, 2.05) is 0 Å². The van der Waals surface area contributed by atoms with Crippen LogP contribution in [0.15, 0.2) is 48.5 Å². The van der Waals surface area contributed by atoms with E-state index in [4.69, 9.17) is 21.1 Å². The molecule has 1 N–H and O–H groups in total. The van der Waals surface area contributed by atoms with E-state index in [2.05, 4.69) is 4.98 Å². The lowest BCUT2D eigenvalue weighted by atomic mass is 9.93. The van der Waals surface area contributed by atoms with Gasteiger partial charge in [-0.25, -0.2) is 4.98 Å². The number of carboxylic acid groups (broad SMARTS) is 1. The topological polar surface area (TPSA) is 89.0 Å². The van der Waals surface area contributed by atoms with E-state index < -0.39 is 23.8 Å². The van der Waals surface area contributed by atoms with Crippen molar-refractivity contribution in [1.82, 2.24) is 4.98 Å². The second-order valence-corrected chi connectivity index (χ2v) is 9.73. The van der Waals surface area contributed by atoms with Gasteiger partial charge in [0, 0.05) is 37.7 Å². The predicted molar refractivity (Wildman–Crippen MR) is 139 cm³/mol. The average Bonchev–Trinajstić information content (AvgIpc) is 2.88. The summed E-state index contributed by atoms with van der Waals surface area (Å²) in [5.74, 6) is -0.418. The largest absolute Gasteiger partial charge is 0.493 e. The molecule has 1 aliphatic rings. The maximum absolute atomic E-state index is 13.0. The van der Waals surface area contributed by atoms with Crippen molar-refractivity contribution >= 4 is 29.2 Å². The SMILES string of the molecule is CN(C)c1nc(C(F)(F)F)ccc1CCCC(=O)c1ccc(Oc2cc3c(cc2Cl)C(C(=O)O)CCO3)cc1. The number of anilines is 1. The number of hydrogen-bond acceptors (Lipinski definition) is 6. The van der Waals surface area contributed by atoms with Gasteiger partial charge in [0.1, 0.15) is 28.8 Å². The van der Waals surface area contributed by atoms with Crippen LogP contribution < -0.4 is 14.4 Å². The van der Waals surface area contributed by atoms with Gasteiger partial charge in [-0.3, -0.25) is 9.59 Å². The number of halogens is 4. The summed E-state index contributed by atoms with van der Waals surface area (Å²) in [7, 11) is 3.25. The van der Waals surface area contributed by atoms with Gasteiger partial charge in [0.2, 0.25) is 0 Å². The Morgan fingerprint density at radius 2 is 1.87 bits per heavy atom. The highest BCUT2D eigenvalue weighted by Gasteiger charge is 2.33. The number of rotatable bonds is 9. The number of benzene rings is 2. The van der Waals surface area contributed by atoms with Gasteiger partial charge in [0.05, 0.1) is 17.5 Å². The molecule has 0 aliphatic carbocycles. The van der Waals surface area contributed by atoms with E-state index in [9.17, 15) is 27.9 Å². The Bertz CT molecular complexity index is 1380. The first-order valence-corrected chi connectivity index (χ1v) is 12.6. The lowest BCUT2D eigenvalue weighted by Gasteiger charge is -2.24. The van der Waals surface area contributed by atoms with Crippen LogP contribution in [0.4, 0.5) is 19.0 Å². The number of ketones is 1. The van der Waals surface area contributed by atoms with Crippen molar-refractivity contribution < 1.29 is 37.3 Å². The molecule has 2 heterocycles. The van der Waals surface area contributed by atoms with Gasteiger partial charge >= 0.3 is 12.1 Å². The number of hydrogen-bond donors (Lipinski definition) is 1. The minimum Gasteiger partial charge on any atom is -0.493 e. The van der Waals surface area contributed by atoms with Gasteiger partial charge in [-0.05, 0) is 61.2 Å². The quantitative estimate of drug-likeness (QED) is 0.288. The van der Waals surface area contributed by atoms with Gasteiger partial charge in [0.25, 0.3) is 0 Å². The van der Waals surface area contributed by atoms with Crippen LogP contribution in [-0.4, -0.2) is 42.5 Å². The lowest BCUT2D eigenvalue weighted by molar-refractivity contribution is -0.141. The van der Waals surface area contributed by atoms with Crippen LogP contribution in [0.2, 0.25) is 5.02 Å². The average molecular weight is 563 g/mol. The predicted octanol–water partition coefficient (Wildman–Crippen LogP) is 6.77. The highest BCUT2D eigenvalue weighted by molar-refractivity contribution is 6.32. The standard InChI is InChI=1S/C28H26ClF3N2O5/c1-34(2)26-17(8-11-25(33-26)28(30,31)32)4-3-5-22(35)16-6-9-18(10-7-16)39-24-15-23-20(14-21(24)29)19(27(36)37)12-13-38-23/h6-11,14-15,19H,3-5,12-13H2,1-2H3,(H,36,37). The Morgan fingerprint density at radius 1 is 1.15 bits per heavy atom. The summed E-state index contributed by atoms with van der Waals surface area (Å²) in [5.41, 5.74) is 0.633. The number of carbonyl (C=O) groups excluding carboxylic acids is 1. The van der Waals surface area contributed by atoms with E-state index in [0.717, 1.165) is 6.07 Å². The first kappa shape index (κ1) is 28.2. The van der Waals surface area contributed by atoms with Crippen LogP contribution in [0.5, 0.6) is 17.2 Å². The van der Waals surface area contributed by atoms with Crippen LogP contribution in [0.3, 0.4) is 0 Å². The Kier molecular flexibility index (Phi) is 8.34. The summed E-state index contributed by atoms with van der Waals surface area (Å²) in [6.45, 7) is 0.272. The Balaban J connectivity index is 1.38. The summed E-state index contributed by atoms with van der Waals surface area (Å²) in [6.07, 6.45) is -3.14. The third kappa shape index (κ3) is 6.62. The minimum atomic E-state index is -4.53. The summed E-state index contributed by atoms with van der Waals surface area (Å²) in [5, 5.41) is 9.67. The number of alkyl halides is 3. The Labute approximate surface area is 228 Å². The van der Waals surface area contributed by atoms with Gasteiger partial charge in [-0.15, -0.1) is 0 Å². The van der Waals surface area contributed by atoms with E-state index in [1.165, 1.54) is 17.0 Å². The van der Waals surface area contributed by atoms with Crippen molar-refractivity contribution in [3.8, 4) is 17.2 Å². The molecule has 206 valence electrons. The number of aryl methyl sites for hydroxylation is 1. The van der Waals surface area contributed by atoms with E-state index in [1.54, 1.807) is 44.4 Å². The molecule has 1 unspecified atom stereocenters. The van der Waals surface area contributed by atoms with Gasteiger partial charge in [-0.1, -0.05) is 17.7 Å². The molecule has 0 bridgehead atoms. The van der Waals surface area contributed by atoms with Crippen LogP contribution in [0, 0.1) is 0 Å². The van der Waals surface area contributed by atoms with Crippen LogP contribution in [0.25, 0.3) is 0 Å². The first-order valence-electron chi connectivity index (χ1n) is 12.2. The second kappa shape index (κ2) is 11.5. The number of carboxylic acids is 1. The van der Waals surface area contributed by atoms with Gasteiger partial charge in [0.15, 0.2) is 5.78 Å². The summed E-state index contributed by atoms with van der Waals surface area (Å²) >= 11 is 6.34. The van der Waals surface area contributed by atoms with Crippen molar-refractivity contribution in [3.63, 3.8) is 0 Å². The fraction of sp³-hybridized carbons (Fsp3) is 0.321. The minimum absolute atomic E-state index is 0.118. The summed E-state index contributed by atoms with van der Waals surface area (Å²) in [6, 6.07) is 11.9. The number of Topliss-reactive ketones (excluding diaryl/α,β-unsaturated/α-hetero) is 1. The molecule has 0 saturated heterocycles. The zero-order valence-electron chi connectivity index (χ0n) is 21.2. The molecule has 3 aromatic rings. The Hall–Kier alpha value is -3.79. The maximum Gasteiger partial charge on any atom is 0.433 e. The number of aliphatic carboxylic acids is 1. The third-order valence-corrected chi connectivity index (χ3v) is 6.62. The van der Waals surface area contributed by atoms with Crippen molar-refractivity contribution in [3.05, 3.63) is 75.9 Å². The second-order valence-electron chi connectivity index (χ2n) is 9.32. The molecule has 1 aliphatic heterocycles. The molecule has 0 radical (unpaired) electrons. The zero-order valence-corrected chi connectivity index (χ0v) is 22.0. The summed E-state index contributed by atoms with van der Waals surface area (Å²) < 4.78 is 50.5. The van der Waals surface area contributed by atoms with Crippen LogP contribution in [0.1, 0.15) is 52.4 Å². The van der Waals surface area contributed by atoms with Crippen molar-refractivity contribution in [2.45, 2.75) is 37.8 Å². The molecule has 4 rings (SSSR count). The Morgan fingerprint density at radius 3 is 2.51 bits per heavy atom. The van der Waals surface area contributed by atoms with Crippen molar-refractivity contribution in [2.24, 2.45) is 0 Å². The number of ether oxygens (including phenoxy) is 2. The molecule has 0 spiro atoms. The first-order chi connectivity index (χ1) is 18.4. The number of nitrogens with zero attached hydrogens (tertiary/aromatic N) is 2. The molecule has 39 heavy (non-hydrogen) atoms. The lowest BCUT2D eigenvalue weighted by Crippen LogP contribution is -2.20. The molecule has 1 atom stereocenters. The fourth-order valence-corrected chi connectivity index (χ4v) is 4.57. The molecule has 11 heteroatoms. The van der Waals surface area contributed by atoms with Gasteiger partial charge < -0.3 is 19.5 Å². The van der Waals surface area contributed by atoms with E-state index in [0.29, 0.717) is 53.2 Å². The van der Waals surface area contributed by atoms with Crippen molar-refractivity contribution in [2.75, 3.05) is 25.6 Å². The molecule has 2 aromatic carbocycles. The molecule has 7 nitrogen and oxygen atoms in total. The smallest absolute Gasteiger partial charge is 0.433 e. The van der Waals surface area contributed by atoms with Gasteiger partial charge in [-0.2, -0.15) is 13.2 Å². The normalized spacial score (nSPS) is 14.8. The molecule has 1 aromatic heterocycles. The number of pyridine rings is 1. The monoisotopic (exact) mass is 562 g/mol. The number of aromatic nitrogens is 1. The highest BCUT2D eigenvalue weighted by Crippen LogP contribution is 2.42. The molecular weight excluding hydrogens is 537 g/mol. The molecule has 0 saturated carbocycles. The van der Waals surface area contributed by atoms with Crippen LogP contribution >= 0.6 is 11.6 Å². The molecule has 0 fully saturated rings. The van der Waals surface area contributed by atoms with E-state index >= 15 is 0 Å². The molecular formula is C28H26ClF3N2O5. The summed E-state index contributed by atoms with van der Waals surface area (Å²) in [4.78, 5) is 29.5. The van der Waals surface area contributed by atoms with E-state index in [-0.39, 0.29) is 29.7 Å². The third-order valence-electron chi connectivity index (χ3n) is 6.33. The fourth-order valence-electron chi connectivity index (χ4n) is 4.36. The van der Waals surface area contributed by atoms with Crippen molar-refractivity contribution in [1.29, 1.82) is 0 Å². The highest BCUT2D eigenvalue weighted by atomic mass is 35.5. The maximum atomic E-state index is 13.0. The number of fused-ring (bicyclic) bond motifs is 1. The molecule has 0 amide bonds. The zero-order chi connectivity index (χ0) is 28.3. The number of carbonyl (C=O) groups is 2. The van der Waals surface area contributed by atoms with Crippen LogP contribution in [-0.2, 0) is 17.4 Å².